The van der Waals surface area contributed by atoms with Crippen LogP contribution in [-0.2, 0) is 41.7 Å². The lowest BCUT2D eigenvalue weighted by atomic mass is 10.2. The Kier molecular flexibility index (Phi) is 11.0. The fourth-order valence-corrected chi connectivity index (χ4v) is 3.04. The van der Waals surface area contributed by atoms with Gasteiger partial charge in [0.2, 0.25) is 0 Å². The molecule has 0 aromatic heterocycles. The van der Waals surface area contributed by atoms with E-state index in [1.807, 2.05) is 74.5 Å². The van der Waals surface area contributed by atoms with Gasteiger partial charge in [-0.05, 0) is 25.0 Å². The minimum Gasteiger partial charge on any atom is -0.452 e. The molecule has 2 aromatic rings. The quantitative estimate of drug-likeness (QED) is 0.353. The van der Waals surface area contributed by atoms with Crippen molar-refractivity contribution in [3.63, 3.8) is 0 Å². The van der Waals surface area contributed by atoms with Crippen molar-refractivity contribution >= 4 is 23.8 Å². The lowest BCUT2D eigenvalue weighted by Gasteiger charge is -2.20. The molecule has 8 heteroatoms. The van der Waals surface area contributed by atoms with Crippen LogP contribution in [0, 0.1) is 0 Å². The number of nitrogens with zero attached hydrogens (tertiary/aromatic N) is 2. The predicted molar refractivity (Wildman–Crippen MR) is 126 cm³/mol. The molecular weight excluding hydrogens is 436 g/mol. The Morgan fingerprint density at radius 2 is 1.00 bits per heavy atom. The van der Waals surface area contributed by atoms with Crippen LogP contribution in [0.15, 0.2) is 72.8 Å². The zero-order chi connectivity index (χ0) is 24.8. The van der Waals surface area contributed by atoms with Gasteiger partial charge in [-0.1, -0.05) is 60.7 Å². The number of hydrogen-bond donors (Lipinski definition) is 0. The summed E-state index contributed by atoms with van der Waals surface area (Å²) in [7, 11) is 0. The lowest BCUT2D eigenvalue weighted by molar-refractivity contribution is -0.149. The second-order valence-electron chi connectivity index (χ2n) is 7.34. The highest BCUT2D eigenvalue weighted by Crippen LogP contribution is 2.06. The molecule has 0 aliphatic carbocycles. The maximum atomic E-state index is 12.3. The molecule has 34 heavy (non-hydrogen) atoms. The van der Waals surface area contributed by atoms with Crippen LogP contribution in [0.25, 0.3) is 0 Å². The van der Waals surface area contributed by atoms with Gasteiger partial charge in [0.05, 0.1) is 0 Å². The molecule has 0 spiro atoms. The van der Waals surface area contributed by atoms with Crippen LogP contribution in [0.4, 0.5) is 0 Å². The molecule has 0 atom stereocenters. The zero-order valence-corrected chi connectivity index (χ0v) is 19.5. The average molecular weight is 467 g/mol. The molecule has 0 fully saturated rings. The van der Waals surface area contributed by atoms with Crippen molar-refractivity contribution in [1.82, 2.24) is 9.80 Å². The van der Waals surface area contributed by atoms with Crippen molar-refractivity contribution in [2.45, 2.75) is 26.9 Å². The third-order valence-corrected chi connectivity index (χ3v) is 4.93. The van der Waals surface area contributed by atoms with Gasteiger partial charge in [0.25, 0.3) is 11.8 Å². The summed E-state index contributed by atoms with van der Waals surface area (Å²) in [5.41, 5.74) is 1.93. The highest BCUT2D eigenvalue weighted by atomic mass is 16.5. The first-order valence-corrected chi connectivity index (χ1v) is 11.1. The Labute approximate surface area is 199 Å². The average Bonchev–Trinajstić information content (AvgIpc) is 2.87. The third-order valence-electron chi connectivity index (χ3n) is 4.93. The summed E-state index contributed by atoms with van der Waals surface area (Å²) in [6.45, 7) is 4.51. The van der Waals surface area contributed by atoms with Crippen LogP contribution in [0.3, 0.4) is 0 Å². The van der Waals surface area contributed by atoms with Crippen molar-refractivity contribution in [2.24, 2.45) is 0 Å². The van der Waals surface area contributed by atoms with E-state index in [2.05, 4.69) is 0 Å². The highest BCUT2D eigenvalue weighted by molar-refractivity contribution is 5.93. The van der Waals surface area contributed by atoms with Crippen LogP contribution in [0.2, 0.25) is 0 Å². The van der Waals surface area contributed by atoms with E-state index in [9.17, 15) is 19.2 Å². The summed E-state index contributed by atoms with van der Waals surface area (Å²) in [4.78, 5) is 51.4. The number of likely N-dealkylation sites (N-methyl/N-ethyl adjacent to an activating group) is 2. The molecule has 0 saturated carbocycles. The number of benzene rings is 2. The Hall–Kier alpha value is -3.94. The summed E-state index contributed by atoms with van der Waals surface area (Å²) in [5, 5.41) is 0. The molecule has 2 amide bonds. The predicted octanol–water partition coefficient (Wildman–Crippen LogP) is 2.73. The number of hydrogen-bond acceptors (Lipinski definition) is 6. The van der Waals surface area contributed by atoms with E-state index in [4.69, 9.17) is 9.47 Å². The highest BCUT2D eigenvalue weighted by Gasteiger charge is 2.15. The van der Waals surface area contributed by atoms with Gasteiger partial charge in [-0.15, -0.1) is 0 Å². The first kappa shape index (κ1) is 26.3. The Morgan fingerprint density at radius 3 is 1.32 bits per heavy atom. The van der Waals surface area contributed by atoms with E-state index in [1.165, 1.54) is 0 Å². The van der Waals surface area contributed by atoms with Crippen LogP contribution in [0.5, 0.6) is 0 Å². The van der Waals surface area contributed by atoms with Gasteiger partial charge in [0.1, 0.15) is 0 Å². The summed E-state index contributed by atoms with van der Waals surface area (Å²) < 4.78 is 9.84. The maximum absolute atomic E-state index is 12.3. The number of esters is 2. The van der Waals surface area contributed by atoms with Crippen molar-refractivity contribution in [3.8, 4) is 0 Å². The van der Waals surface area contributed by atoms with E-state index in [1.54, 1.807) is 9.80 Å². The summed E-state index contributed by atoms with van der Waals surface area (Å²) >= 11 is 0. The molecule has 2 aromatic carbocycles. The van der Waals surface area contributed by atoms with Gasteiger partial charge >= 0.3 is 11.9 Å². The second kappa shape index (κ2) is 14.3. The molecule has 2 rings (SSSR count). The van der Waals surface area contributed by atoms with E-state index >= 15 is 0 Å². The molecule has 0 aliphatic rings. The fourth-order valence-electron chi connectivity index (χ4n) is 3.04. The summed E-state index contributed by atoms with van der Waals surface area (Å²) in [6, 6.07) is 18.9. The Morgan fingerprint density at radius 1 is 0.647 bits per heavy atom. The summed E-state index contributed by atoms with van der Waals surface area (Å²) in [5.74, 6) is -2.41. The van der Waals surface area contributed by atoms with Crippen LogP contribution in [0.1, 0.15) is 25.0 Å². The van der Waals surface area contributed by atoms with Crippen molar-refractivity contribution in [2.75, 3.05) is 26.3 Å². The Bertz CT molecular complexity index is 896. The van der Waals surface area contributed by atoms with Gasteiger partial charge in [-0.25, -0.2) is 9.59 Å². The number of ether oxygens (including phenoxy) is 2. The van der Waals surface area contributed by atoms with Crippen molar-refractivity contribution in [1.29, 1.82) is 0 Å². The van der Waals surface area contributed by atoms with E-state index in [0.717, 1.165) is 23.3 Å². The minimum absolute atomic E-state index is 0.348. The largest absolute Gasteiger partial charge is 0.452 e. The standard InChI is InChI=1S/C26H30N2O6/c1-3-27(17-21-11-7-5-8-12-21)23(29)19-33-25(31)15-16-26(32)34-20-24(30)28(4-2)18-22-13-9-6-10-14-22/h5-16H,3-4,17-20H2,1-2H3/b16-15+. The lowest BCUT2D eigenvalue weighted by Crippen LogP contribution is -2.34. The number of carbonyl (C=O) groups excluding carboxylic acids is 4. The van der Waals surface area contributed by atoms with Crippen LogP contribution in [-0.4, -0.2) is 59.9 Å². The third kappa shape index (κ3) is 9.28. The first-order chi connectivity index (χ1) is 16.4. The van der Waals surface area contributed by atoms with E-state index in [-0.39, 0.29) is 11.8 Å². The van der Waals surface area contributed by atoms with Crippen molar-refractivity contribution < 1.29 is 28.7 Å². The van der Waals surface area contributed by atoms with Crippen LogP contribution < -0.4 is 0 Å². The van der Waals surface area contributed by atoms with Crippen molar-refractivity contribution in [3.05, 3.63) is 83.9 Å². The molecule has 0 heterocycles. The first-order valence-electron chi connectivity index (χ1n) is 11.1. The van der Waals surface area contributed by atoms with E-state index in [0.29, 0.717) is 26.2 Å². The Balaban J connectivity index is 1.73. The van der Waals surface area contributed by atoms with Crippen LogP contribution >= 0.6 is 0 Å². The molecule has 0 radical (unpaired) electrons. The minimum atomic E-state index is -0.855. The maximum Gasteiger partial charge on any atom is 0.331 e. The molecule has 0 saturated heterocycles. The molecule has 0 bridgehead atoms. The fraction of sp³-hybridized carbons (Fsp3) is 0.308. The summed E-state index contributed by atoms with van der Waals surface area (Å²) in [6.07, 6.45) is 1.74. The molecule has 0 N–H and O–H groups in total. The van der Waals surface area contributed by atoms with Gasteiger partial charge in [0, 0.05) is 38.3 Å². The molecule has 0 unspecified atom stereocenters. The molecule has 0 aliphatic heterocycles. The van der Waals surface area contributed by atoms with Gasteiger partial charge in [-0.3, -0.25) is 9.59 Å². The van der Waals surface area contributed by atoms with Gasteiger partial charge in [0.15, 0.2) is 13.2 Å². The number of rotatable bonds is 12. The molecule has 8 nitrogen and oxygen atoms in total. The van der Waals surface area contributed by atoms with E-state index < -0.39 is 25.2 Å². The monoisotopic (exact) mass is 466 g/mol. The molecule has 180 valence electrons. The SMILES string of the molecule is CCN(Cc1ccccc1)C(=O)COC(=O)/C=C/C(=O)OCC(=O)N(CC)Cc1ccccc1. The van der Waals surface area contributed by atoms with Gasteiger partial charge < -0.3 is 19.3 Å². The topological polar surface area (TPSA) is 93.2 Å². The normalized spacial score (nSPS) is 10.5. The number of carbonyl (C=O) groups is 4. The van der Waals surface area contributed by atoms with Gasteiger partial charge in [-0.2, -0.15) is 0 Å². The number of amides is 2. The zero-order valence-electron chi connectivity index (χ0n) is 19.5. The second-order valence-corrected chi connectivity index (χ2v) is 7.34. The smallest absolute Gasteiger partial charge is 0.331 e. The molecular formula is C26H30N2O6.